The van der Waals surface area contributed by atoms with Gasteiger partial charge in [-0.1, -0.05) is 12.8 Å². The van der Waals surface area contributed by atoms with Crippen LogP contribution in [-0.4, -0.2) is 23.8 Å². The summed E-state index contributed by atoms with van der Waals surface area (Å²) in [6, 6.07) is 7.94. The van der Waals surface area contributed by atoms with Crippen LogP contribution >= 0.6 is 22.6 Å². The highest BCUT2D eigenvalue weighted by Gasteiger charge is 2.16. The third-order valence-corrected chi connectivity index (χ3v) is 5.17. The van der Waals surface area contributed by atoms with Crippen molar-refractivity contribution in [2.75, 3.05) is 7.11 Å². The Morgan fingerprint density at radius 1 is 1.38 bits per heavy atom. The first-order chi connectivity index (χ1) is 11.7. The molecule has 3 rings (SSSR count). The number of ether oxygens (including phenoxy) is 1. The molecule has 5 nitrogen and oxygen atoms in total. The van der Waals surface area contributed by atoms with Gasteiger partial charge >= 0.3 is 0 Å². The van der Waals surface area contributed by atoms with Crippen LogP contribution in [0, 0.1) is 3.57 Å². The minimum Gasteiger partial charge on any atom is -0.496 e. The van der Waals surface area contributed by atoms with Crippen molar-refractivity contribution in [1.29, 1.82) is 0 Å². The quantitative estimate of drug-likeness (QED) is 0.437. The van der Waals surface area contributed by atoms with E-state index in [4.69, 9.17) is 4.74 Å². The number of nitrogens with one attached hydrogen (secondary N) is 1. The van der Waals surface area contributed by atoms with Crippen molar-refractivity contribution in [3.63, 3.8) is 0 Å². The third-order valence-electron chi connectivity index (χ3n) is 4.28. The van der Waals surface area contributed by atoms with Crippen molar-refractivity contribution < 1.29 is 9.53 Å². The smallest absolute Gasteiger partial charge is 0.271 e. The molecule has 0 spiro atoms. The van der Waals surface area contributed by atoms with Crippen LogP contribution < -0.4 is 10.2 Å². The standard InChI is InChI=1S/C18H20IN3O2/c1-24-17-10-14(6-7-16(17)19)18(23)21-20-11-13-8-9-22(12-13)15-4-2-3-5-15/h6-12,15H,2-5H2,1H3,(H,21,23)/b20-11+. The van der Waals surface area contributed by atoms with Crippen LogP contribution in [0.3, 0.4) is 0 Å². The first-order valence-corrected chi connectivity index (χ1v) is 9.09. The molecule has 0 radical (unpaired) electrons. The van der Waals surface area contributed by atoms with Gasteiger partial charge < -0.3 is 9.30 Å². The first-order valence-electron chi connectivity index (χ1n) is 8.02. The van der Waals surface area contributed by atoms with Gasteiger partial charge in [0.1, 0.15) is 5.75 Å². The summed E-state index contributed by atoms with van der Waals surface area (Å²) >= 11 is 2.17. The first kappa shape index (κ1) is 17.0. The lowest BCUT2D eigenvalue weighted by Crippen LogP contribution is -2.17. The van der Waals surface area contributed by atoms with Gasteiger partial charge in [-0.05, 0) is 59.7 Å². The van der Waals surface area contributed by atoms with E-state index in [1.807, 2.05) is 12.1 Å². The maximum Gasteiger partial charge on any atom is 0.271 e. The number of benzene rings is 1. The summed E-state index contributed by atoms with van der Waals surface area (Å²) in [6.07, 6.45) is 11.0. The van der Waals surface area contributed by atoms with Crippen LogP contribution in [0.2, 0.25) is 0 Å². The summed E-state index contributed by atoms with van der Waals surface area (Å²) in [5.74, 6) is 0.428. The second-order valence-electron chi connectivity index (χ2n) is 5.88. The minimum atomic E-state index is -0.254. The Morgan fingerprint density at radius 3 is 2.92 bits per heavy atom. The molecule has 0 bridgehead atoms. The van der Waals surface area contributed by atoms with Gasteiger partial charge in [-0.3, -0.25) is 4.79 Å². The Bertz CT molecular complexity index is 748. The van der Waals surface area contributed by atoms with Crippen molar-refractivity contribution in [2.24, 2.45) is 5.10 Å². The predicted molar refractivity (Wildman–Crippen MR) is 103 cm³/mol. The van der Waals surface area contributed by atoms with E-state index in [1.165, 1.54) is 25.7 Å². The summed E-state index contributed by atoms with van der Waals surface area (Å²) in [5.41, 5.74) is 4.07. The second-order valence-corrected chi connectivity index (χ2v) is 7.04. The summed E-state index contributed by atoms with van der Waals surface area (Å²) in [5, 5.41) is 4.06. The van der Waals surface area contributed by atoms with Gasteiger partial charge in [-0.15, -0.1) is 0 Å². The largest absolute Gasteiger partial charge is 0.496 e. The van der Waals surface area contributed by atoms with E-state index < -0.39 is 0 Å². The Kier molecular flexibility index (Phi) is 5.55. The summed E-state index contributed by atoms with van der Waals surface area (Å²) in [6.45, 7) is 0. The number of carbonyl (C=O) groups excluding carboxylic acids is 1. The van der Waals surface area contributed by atoms with E-state index >= 15 is 0 Å². The fraction of sp³-hybridized carbons (Fsp3) is 0.333. The number of aromatic nitrogens is 1. The van der Waals surface area contributed by atoms with Gasteiger partial charge in [-0.2, -0.15) is 5.10 Å². The molecule has 6 heteroatoms. The zero-order chi connectivity index (χ0) is 16.9. The number of hydrazone groups is 1. The monoisotopic (exact) mass is 437 g/mol. The Balaban J connectivity index is 1.60. The van der Waals surface area contributed by atoms with Crippen molar-refractivity contribution >= 4 is 34.7 Å². The summed E-state index contributed by atoms with van der Waals surface area (Å²) in [4.78, 5) is 12.1. The molecule has 1 aromatic heterocycles. The van der Waals surface area contributed by atoms with Crippen LogP contribution in [0.4, 0.5) is 0 Å². The number of hydrogen-bond acceptors (Lipinski definition) is 3. The second kappa shape index (κ2) is 7.83. The van der Waals surface area contributed by atoms with Crippen LogP contribution in [0.25, 0.3) is 0 Å². The lowest BCUT2D eigenvalue weighted by molar-refractivity contribution is 0.0954. The minimum absolute atomic E-state index is 0.254. The number of methoxy groups -OCH3 is 1. The average molecular weight is 437 g/mol. The SMILES string of the molecule is COc1cc(C(=O)N/N=C/c2ccn(C3CCCC3)c2)ccc1I. The zero-order valence-corrected chi connectivity index (χ0v) is 15.7. The molecule has 1 aliphatic carbocycles. The molecule has 1 fully saturated rings. The summed E-state index contributed by atoms with van der Waals surface area (Å²) in [7, 11) is 1.59. The molecule has 0 atom stereocenters. The molecule has 126 valence electrons. The van der Waals surface area contributed by atoms with Gasteiger partial charge in [0.25, 0.3) is 5.91 Å². The highest BCUT2D eigenvalue weighted by atomic mass is 127. The number of amides is 1. The van der Waals surface area contributed by atoms with Gasteiger partial charge in [0.05, 0.1) is 16.9 Å². The van der Waals surface area contributed by atoms with E-state index in [-0.39, 0.29) is 5.91 Å². The van der Waals surface area contributed by atoms with Gasteiger partial charge in [0, 0.05) is 29.6 Å². The van der Waals surface area contributed by atoms with Gasteiger partial charge in [0.2, 0.25) is 0 Å². The number of halogens is 1. The predicted octanol–water partition coefficient (Wildman–Crippen LogP) is 3.98. The number of rotatable bonds is 5. The Morgan fingerprint density at radius 2 is 2.17 bits per heavy atom. The van der Waals surface area contributed by atoms with Crippen LogP contribution in [0.5, 0.6) is 5.75 Å². The molecule has 1 amide bonds. The molecule has 0 aliphatic heterocycles. The average Bonchev–Trinajstić information content (AvgIpc) is 3.26. The van der Waals surface area contributed by atoms with Gasteiger partial charge in [-0.25, -0.2) is 5.43 Å². The van der Waals surface area contributed by atoms with Crippen molar-refractivity contribution in [2.45, 2.75) is 31.7 Å². The van der Waals surface area contributed by atoms with E-state index in [9.17, 15) is 4.79 Å². The molecule has 1 saturated carbocycles. The van der Waals surface area contributed by atoms with Crippen LogP contribution in [0.1, 0.15) is 47.6 Å². The number of hydrogen-bond donors (Lipinski definition) is 1. The molecule has 1 heterocycles. The van der Waals surface area contributed by atoms with Crippen LogP contribution in [-0.2, 0) is 0 Å². The molecule has 1 aromatic carbocycles. The summed E-state index contributed by atoms with van der Waals surface area (Å²) < 4.78 is 8.44. The maximum absolute atomic E-state index is 12.1. The van der Waals surface area contributed by atoms with Crippen molar-refractivity contribution in [3.05, 3.63) is 51.4 Å². The van der Waals surface area contributed by atoms with Crippen LogP contribution in [0.15, 0.2) is 41.8 Å². The lowest BCUT2D eigenvalue weighted by atomic mass is 10.2. The molecule has 1 N–H and O–H groups in total. The maximum atomic E-state index is 12.1. The fourth-order valence-electron chi connectivity index (χ4n) is 2.97. The highest BCUT2D eigenvalue weighted by Crippen LogP contribution is 2.29. The van der Waals surface area contributed by atoms with E-state index in [0.717, 1.165) is 9.13 Å². The van der Waals surface area contributed by atoms with Crippen molar-refractivity contribution in [1.82, 2.24) is 9.99 Å². The molecular formula is C18H20IN3O2. The fourth-order valence-corrected chi connectivity index (χ4v) is 3.52. The number of nitrogens with zero attached hydrogens (tertiary/aromatic N) is 2. The Labute approximate surface area is 155 Å². The molecule has 0 unspecified atom stereocenters. The molecule has 0 saturated heterocycles. The Hall–Kier alpha value is -1.83. The third kappa shape index (κ3) is 3.98. The molecule has 1 aliphatic rings. The lowest BCUT2D eigenvalue weighted by Gasteiger charge is -2.10. The molecule has 24 heavy (non-hydrogen) atoms. The zero-order valence-electron chi connectivity index (χ0n) is 13.5. The molecular weight excluding hydrogens is 417 g/mol. The highest BCUT2D eigenvalue weighted by molar-refractivity contribution is 14.1. The van der Waals surface area contributed by atoms with E-state index in [0.29, 0.717) is 17.4 Å². The normalized spacial score (nSPS) is 15.1. The topological polar surface area (TPSA) is 55.6 Å². The molecule has 2 aromatic rings. The van der Waals surface area contributed by atoms with Crippen molar-refractivity contribution in [3.8, 4) is 5.75 Å². The van der Waals surface area contributed by atoms with E-state index in [1.54, 1.807) is 25.5 Å². The van der Waals surface area contributed by atoms with E-state index in [2.05, 4.69) is 50.1 Å². The number of carbonyl (C=O) groups is 1. The van der Waals surface area contributed by atoms with Gasteiger partial charge in [0.15, 0.2) is 0 Å².